The third kappa shape index (κ3) is 5.41. The van der Waals surface area contributed by atoms with Gasteiger partial charge in [-0.3, -0.25) is 4.90 Å². The molecule has 1 N–H and O–H groups in total. The maximum absolute atomic E-state index is 5.55. The highest BCUT2D eigenvalue weighted by molar-refractivity contribution is 4.84. The first-order chi connectivity index (χ1) is 8.89. The molecule has 114 valence electrons. The topological polar surface area (TPSA) is 24.5 Å². The van der Waals surface area contributed by atoms with Gasteiger partial charge in [0.05, 0.1) is 5.60 Å². The van der Waals surface area contributed by atoms with Crippen molar-refractivity contribution in [3.8, 4) is 0 Å². The minimum Gasteiger partial charge on any atom is -0.379 e. The molecular formula is C16H34N2O. The maximum Gasteiger partial charge on any atom is 0.0634 e. The molecule has 1 fully saturated rings. The SMILES string of the molecule is CCC(C)C1CN(CCC(C)(C)OC)C(C)CCN1. The number of hydrogen-bond donors (Lipinski definition) is 1. The molecule has 0 aromatic carbocycles. The molecule has 0 aromatic heterocycles. The molecule has 0 spiro atoms. The molecule has 0 radical (unpaired) electrons. The van der Waals surface area contributed by atoms with Crippen molar-refractivity contribution in [3.05, 3.63) is 0 Å². The molecular weight excluding hydrogens is 236 g/mol. The van der Waals surface area contributed by atoms with Crippen LogP contribution in [0.25, 0.3) is 0 Å². The second kappa shape index (κ2) is 7.61. The Kier molecular flexibility index (Phi) is 6.78. The number of rotatable bonds is 6. The number of methoxy groups -OCH3 is 1. The fourth-order valence-corrected chi connectivity index (χ4v) is 2.65. The van der Waals surface area contributed by atoms with E-state index in [1.54, 1.807) is 0 Å². The molecule has 0 aromatic rings. The van der Waals surface area contributed by atoms with Crippen LogP contribution in [0.3, 0.4) is 0 Å². The van der Waals surface area contributed by atoms with Crippen molar-refractivity contribution in [2.75, 3.05) is 26.7 Å². The molecule has 1 heterocycles. The molecule has 0 aliphatic carbocycles. The Labute approximate surface area is 120 Å². The predicted octanol–water partition coefficient (Wildman–Crippen LogP) is 2.90. The summed E-state index contributed by atoms with van der Waals surface area (Å²) in [6.07, 6.45) is 3.60. The van der Waals surface area contributed by atoms with Crippen molar-refractivity contribution in [1.29, 1.82) is 0 Å². The van der Waals surface area contributed by atoms with Crippen LogP contribution in [0, 0.1) is 5.92 Å². The van der Waals surface area contributed by atoms with Crippen LogP contribution in [0.2, 0.25) is 0 Å². The number of nitrogens with one attached hydrogen (secondary N) is 1. The summed E-state index contributed by atoms with van der Waals surface area (Å²) in [5.74, 6) is 0.753. The first-order valence-electron chi connectivity index (χ1n) is 7.92. The van der Waals surface area contributed by atoms with Gasteiger partial charge < -0.3 is 10.1 Å². The molecule has 1 aliphatic heterocycles. The number of ether oxygens (including phenoxy) is 1. The smallest absolute Gasteiger partial charge is 0.0634 e. The van der Waals surface area contributed by atoms with Gasteiger partial charge in [0.25, 0.3) is 0 Å². The highest BCUT2D eigenvalue weighted by atomic mass is 16.5. The summed E-state index contributed by atoms with van der Waals surface area (Å²) < 4.78 is 5.55. The summed E-state index contributed by atoms with van der Waals surface area (Å²) in [5, 5.41) is 3.73. The van der Waals surface area contributed by atoms with Gasteiger partial charge in [0, 0.05) is 32.3 Å². The van der Waals surface area contributed by atoms with E-state index in [9.17, 15) is 0 Å². The zero-order valence-corrected chi connectivity index (χ0v) is 13.8. The Bertz CT molecular complexity index is 255. The second-order valence-corrected chi connectivity index (χ2v) is 6.79. The van der Waals surface area contributed by atoms with E-state index in [2.05, 4.69) is 44.8 Å². The van der Waals surface area contributed by atoms with Crippen LogP contribution in [0.4, 0.5) is 0 Å². The first-order valence-corrected chi connectivity index (χ1v) is 7.92. The van der Waals surface area contributed by atoms with Gasteiger partial charge in [-0.1, -0.05) is 20.3 Å². The summed E-state index contributed by atoms with van der Waals surface area (Å²) >= 11 is 0. The lowest BCUT2D eigenvalue weighted by Crippen LogP contribution is -2.45. The van der Waals surface area contributed by atoms with Crippen molar-refractivity contribution in [2.24, 2.45) is 5.92 Å². The van der Waals surface area contributed by atoms with E-state index in [0.29, 0.717) is 12.1 Å². The molecule has 3 atom stereocenters. The summed E-state index contributed by atoms with van der Waals surface area (Å²) in [5.41, 5.74) is -0.00861. The molecule has 19 heavy (non-hydrogen) atoms. The van der Waals surface area contributed by atoms with E-state index in [4.69, 9.17) is 4.74 Å². The molecule has 3 unspecified atom stereocenters. The van der Waals surface area contributed by atoms with Gasteiger partial charge in [-0.25, -0.2) is 0 Å². The van der Waals surface area contributed by atoms with Crippen molar-refractivity contribution in [3.63, 3.8) is 0 Å². The Morgan fingerprint density at radius 3 is 2.68 bits per heavy atom. The second-order valence-electron chi connectivity index (χ2n) is 6.79. The lowest BCUT2D eigenvalue weighted by molar-refractivity contribution is 0.00391. The van der Waals surface area contributed by atoms with Crippen LogP contribution >= 0.6 is 0 Å². The molecule has 1 rings (SSSR count). The van der Waals surface area contributed by atoms with Crippen LogP contribution in [0.5, 0.6) is 0 Å². The summed E-state index contributed by atoms with van der Waals surface area (Å²) in [4.78, 5) is 2.65. The average molecular weight is 270 g/mol. The zero-order valence-electron chi connectivity index (χ0n) is 13.8. The van der Waals surface area contributed by atoms with Gasteiger partial charge in [0.15, 0.2) is 0 Å². The van der Waals surface area contributed by atoms with Crippen molar-refractivity contribution in [2.45, 2.75) is 71.6 Å². The van der Waals surface area contributed by atoms with Crippen LogP contribution < -0.4 is 5.32 Å². The highest BCUT2D eigenvalue weighted by Gasteiger charge is 2.27. The van der Waals surface area contributed by atoms with Crippen LogP contribution in [0.1, 0.15) is 53.9 Å². The van der Waals surface area contributed by atoms with Gasteiger partial charge in [0.1, 0.15) is 0 Å². The van der Waals surface area contributed by atoms with Crippen LogP contribution in [-0.4, -0.2) is 49.3 Å². The van der Waals surface area contributed by atoms with Crippen LogP contribution in [-0.2, 0) is 4.74 Å². The number of nitrogens with zero attached hydrogens (tertiary/aromatic N) is 1. The van der Waals surface area contributed by atoms with Crippen molar-refractivity contribution in [1.82, 2.24) is 10.2 Å². The minimum atomic E-state index is -0.00861. The monoisotopic (exact) mass is 270 g/mol. The van der Waals surface area contributed by atoms with E-state index in [1.165, 1.54) is 19.4 Å². The van der Waals surface area contributed by atoms with E-state index in [1.807, 2.05) is 7.11 Å². The Hall–Kier alpha value is -0.120. The quantitative estimate of drug-likeness (QED) is 0.803. The van der Waals surface area contributed by atoms with Gasteiger partial charge in [0.2, 0.25) is 0 Å². The third-order valence-corrected chi connectivity index (χ3v) is 4.91. The molecule has 1 saturated heterocycles. The van der Waals surface area contributed by atoms with E-state index in [0.717, 1.165) is 25.4 Å². The van der Waals surface area contributed by atoms with E-state index in [-0.39, 0.29) is 5.60 Å². The average Bonchev–Trinajstić information content (AvgIpc) is 2.58. The maximum atomic E-state index is 5.55. The Morgan fingerprint density at radius 2 is 2.11 bits per heavy atom. The summed E-state index contributed by atoms with van der Waals surface area (Å²) in [7, 11) is 1.81. The molecule has 3 nitrogen and oxygen atoms in total. The molecule has 1 aliphatic rings. The first kappa shape index (κ1) is 16.9. The van der Waals surface area contributed by atoms with Crippen molar-refractivity contribution >= 4 is 0 Å². The highest BCUT2D eigenvalue weighted by Crippen LogP contribution is 2.19. The van der Waals surface area contributed by atoms with Gasteiger partial charge in [-0.15, -0.1) is 0 Å². The van der Waals surface area contributed by atoms with Gasteiger partial charge in [-0.05, 0) is 46.1 Å². The molecule has 0 bridgehead atoms. The van der Waals surface area contributed by atoms with Gasteiger partial charge >= 0.3 is 0 Å². The lowest BCUT2D eigenvalue weighted by Gasteiger charge is -2.33. The molecule has 0 amide bonds. The zero-order chi connectivity index (χ0) is 14.5. The standard InChI is InChI=1S/C16H34N2O/c1-7-13(2)15-12-18(14(3)8-10-17-15)11-9-16(4,5)19-6/h13-15,17H,7-12H2,1-6H3. The fraction of sp³-hybridized carbons (Fsp3) is 1.00. The third-order valence-electron chi connectivity index (χ3n) is 4.91. The predicted molar refractivity (Wildman–Crippen MR) is 82.6 cm³/mol. The van der Waals surface area contributed by atoms with Crippen molar-refractivity contribution < 1.29 is 4.74 Å². The molecule has 3 heteroatoms. The fourth-order valence-electron chi connectivity index (χ4n) is 2.65. The number of hydrogen-bond acceptors (Lipinski definition) is 3. The Balaban J connectivity index is 2.57. The van der Waals surface area contributed by atoms with E-state index < -0.39 is 0 Å². The largest absolute Gasteiger partial charge is 0.379 e. The normalized spacial score (nSPS) is 28.1. The summed E-state index contributed by atoms with van der Waals surface area (Å²) in [6, 6.07) is 1.31. The minimum absolute atomic E-state index is 0.00861. The molecule has 0 saturated carbocycles. The lowest BCUT2D eigenvalue weighted by atomic mass is 9.98. The van der Waals surface area contributed by atoms with Gasteiger partial charge in [-0.2, -0.15) is 0 Å². The van der Waals surface area contributed by atoms with Crippen LogP contribution in [0.15, 0.2) is 0 Å². The summed E-state index contributed by atoms with van der Waals surface area (Å²) in [6.45, 7) is 14.8. The Morgan fingerprint density at radius 1 is 1.42 bits per heavy atom. The van der Waals surface area contributed by atoms with E-state index >= 15 is 0 Å².